The molecule has 22 heavy (non-hydrogen) atoms. The topological polar surface area (TPSA) is 21.7 Å². The highest BCUT2D eigenvalue weighted by Gasteiger charge is 2.25. The van der Waals surface area contributed by atoms with Gasteiger partial charge in [0.1, 0.15) is 6.10 Å². The van der Waals surface area contributed by atoms with E-state index < -0.39 is 0 Å². The minimum atomic E-state index is -0.0326. The van der Waals surface area contributed by atoms with Crippen LogP contribution < -0.4 is 9.47 Å². The number of benzene rings is 2. The third-order valence-corrected chi connectivity index (χ3v) is 4.30. The summed E-state index contributed by atoms with van der Waals surface area (Å²) >= 11 is 6.00. The smallest absolute Gasteiger partial charge is 0.166 e. The molecule has 0 N–H and O–H groups in total. The van der Waals surface area contributed by atoms with Gasteiger partial charge in [-0.3, -0.25) is 4.90 Å². The fourth-order valence-electron chi connectivity index (χ4n) is 2.79. The second-order valence-electron chi connectivity index (χ2n) is 5.43. The summed E-state index contributed by atoms with van der Waals surface area (Å²) in [4.78, 5) is 2.38. The summed E-state index contributed by atoms with van der Waals surface area (Å²) in [7, 11) is 1.68. The number of ether oxygens (including phenoxy) is 2. The van der Waals surface area contributed by atoms with Crippen molar-refractivity contribution in [2.45, 2.75) is 19.6 Å². The first kappa shape index (κ1) is 15.2. The van der Waals surface area contributed by atoms with Crippen molar-refractivity contribution in [3.05, 3.63) is 58.6 Å². The van der Waals surface area contributed by atoms with Crippen LogP contribution in [0, 0.1) is 0 Å². The van der Waals surface area contributed by atoms with Gasteiger partial charge in [-0.1, -0.05) is 42.8 Å². The molecule has 2 aromatic carbocycles. The van der Waals surface area contributed by atoms with Gasteiger partial charge in [-0.2, -0.15) is 0 Å². The molecule has 1 unspecified atom stereocenters. The number of nitrogens with zero attached hydrogens (tertiary/aromatic N) is 1. The summed E-state index contributed by atoms with van der Waals surface area (Å²) in [6.07, 6.45) is -0.0326. The van der Waals surface area contributed by atoms with Crippen LogP contribution in [0.1, 0.15) is 24.2 Å². The van der Waals surface area contributed by atoms with Gasteiger partial charge < -0.3 is 9.47 Å². The van der Waals surface area contributed by atoms with E-state index in [1.54, 1.807) is 7.11 Å². The van der Waals surface area contributed by atoms with Crippen LogP contribution in [0.4, 0.5) is 0 Å². The van der Waals surface area contributed by atoms with Crippen LogP contribution >= 0.6 is 11.6 Å². The molecule has 1 aliphatic rings. The third kappa shape index (κ3) is 3.06. The predicted molar refractivity (Wildman–Crippen MR) is 88.8 cm³/mol. The molecule has 0 aromatic heterocycles. The van der Waals surface area contributed by atoms with Crippen molar-refractivity contribution in [2.24, 2.45) is 0 Å². The van der Waals surface area contributed by atoms with Crippen LogP contribution in [0.25, 0.3) is 0 Å². The first-order valence-corrected chi connectivity index (χ1v) is 7.89. The summed E-state index contributed by atoms with van der Waals surface area (Å²) in [5, 5.41) is 0.739. The molecule has 3 rings (SSSR count). The lowest BCUT2D eigenvalue weighted by molar-refractivity contribution is 0.148. The number of methoxy groups -OCH3 is 1. The Bertz CT molecular complexity index is 642. The van der Waals surface area contributed by atoms with Gasteiger partial charge in [-0.05, 0) is 30.3 Å². The Hall–Kier alpha value is -1.71. The van der Waals surface area contributed by atoms with Gasteiger partial charge in [-0.15, -0.1) is 0 Å². The maximum atomic E-state index is 6.33. The van der Waals surface area contributed by atoms with E-state index >= 15 is 0 Å². The standard InChI is InChI=1S/C18H20ClNO2/c1-3-20-11-14-5-4-6-16(21-2)18(14)22-17(12-20)13-7-9-15(19)10-8-13/h4-10,17H,3,11-12H2,1-2H3. The van der Waals surface area contributed by atoms with Crippen LogP contribution in [0.5, 0.6) is 11.5 Å². The van der Waals surface area contributed by atoms with Crippen molar-refractivity contribution >= 4 is 11.6 Å². The van der Waals surface area contributed by atoms with Gasteiger partial charge in [0, 0.05) is 23.7 Å². The van der Waals surface area contributed by atoms with Gasteiger partial charge in [0.25, 0.3) is 0 Å². The summed E-state index contributed by atoms with van der Waals surface area (Å²) in [5.41, 5.74) is 2.29. The van der Waals surface area contributed by atoms with E-state index in [-0.39, 0.29) is 6.10 Å². The van der Waals surface area contributed by atoms with Crippen LogP contribution in [-0.2, 0) is 6.54 Å². The Kier molecular flexibility index (Phi) is 4.55. The first-order chi connectivity index (χ1) is 10.7. The van der Waals surface area contributed by atoms with Crippen molar-refractivity contribution in [2.75, 3.05) is 20.2 Å². The van der Waals surface area contributed by atoms with E-state index in [4.69, 9.17) is 21.1 Å². The molecule has 0 saturated carbocycles. The zero-order valence-electron chi connectivity index (χ0n) is 12.9. The van der Waals surface area contributed by atoms with Crippen molar-refractivity contribution in [3.63, 3.8) is 0 Å². The zero-order chi connectivity index (χ0) is 15.5. The largest absolute Gasteiger partial charge is 0.493 e. The quantitative estimate of drug-likeness (QED) is 0.842. The Balaban J connectivity index is 1.99. The van der Waals surface area contributed by atoms with Gasteiger partial charge in [-0.25, -0.2) is 0 Å². The SMILES string of the molecule is CCN1Cc2cccc(OC)c2OC(c2ccc(Cl)cc2)C1. The number of fused-ring (bicyclic) bond motifs is 1. The second-order valence-corrected chi connectivity index (χ2v) is 5.87. The fourth-order valence-corrected chi connectivity index (χ4v) is 2.92. The molecule has 4 heteroatoms. The Labute approximate surface area is 136 Å². The van der Waals surface area contributed by atoms with Gasteiger partial charge in [0.2, 0.25) is 0 Å². The third-order valence-electron chi connectivity index (χ3n) is 4.05. The van der Waals surface area contributed by atoms with E-state index in [2.05, 4.69) is 17.9 Å². The average molecular weight is 318 g/mol. The molecule has 0 aliphatic carbocycles. The highest BCUT2D eigenvalue weighted by Crippen LogP contribution is 2.38. The fraction of sp³-hybridized carbons (Fsp3) is 0.333. The maximum Gasteiger partial charge on any atom is 0.166 e. The molecule has 1 aliphatic heterocycles. The first-order valence-electron chi connectivity index (χ1n) is 7.51. The van der Waals surface area contributed by atoms with Crippen molar-refractivity contribution in [1.82, 2.24) is 4.90 Å². The molecule has 1 atom stereocenters. The van der Waals surface area contributed by atoms with Crippen molar-refractivity contribution < 1.29 is 9.47 Å². The Morgan fingerprint density at radius 3 is 2.68 bits per heavy atom. The lowest BCUT2D eigenvalue weighted by Crippen LogP contribution is -2.27. The lowest BCUT2D eigenvalue weighted by Gasteiger charge is -2.23. The summed E-state index contributed by atoms with van der Waals surface area (Å²) in [6, 6.07) is 13.9. The van der Waals surface area contributed by atoms with Gasteiger partial charge in [0.15, 0.2) is 11.5 Å². The molecule has 2 aromatic rings. The van der Waals surface area contributed by atoms with Gasteiger partial charge in [0.05, 0.1) is 7.11 Å². The Morgan fingerprint density at radius 2 is 2.00 bits per heavy atom. The van der Waals surface area contributed by atoms with Crippen LogP contribution in [0.3, 0.4) is 0 Å². The van der Waals surface area contributed by atoms with E-state index in [9.17, 15) is 0 Å². The molecule has 0 amide bonds. The number of likely N-dealkylation sites (N-methyl/N-ethyl adjacent to an activating group) is 1. The molecular formula is C18H20ClNO2. The molecule has 0 spiro atoms. The summed E-state index contributed by atoms with van der Waals surface area (Å²) < 4.78 is 11.8. The molecule has 1 heterocycles. The van der Waals surface area contributed by atoms with Crippen molar-refractivity contribution in [3.8, 4) is 11.5 Å². The second kappa shape index (κ2) is 6.59. The summed E-state index contributed by atoms with van der Waals surface area (Å²) in [5.74, 6) is 1.63. The maximum absolute atomic E-state index is 6.33. The van der Waals surface area contributed by atoms with Crippen LogP contribution in [0.15, 0.2) is 42.5 Å². The van der Waals surface area contributed by atoms with E-state index in [1.165, 1.54) is 0 Å². The molecule has 0 saturated heterocycles. The molecule has 0 fully saturated rings. The lowest BCUT2D eigenvalue weighted by atomic mass is 10.1. The van der Waals surface area contributed by atoms with E-state index in [0.717, 1.165) is 47.3 Å². The highest BCUT2D eigenvalue weighted by molar-refractivity contribution is 6.30. The van der Waals surface area contributed by atoms with E-state index in [0.29, 0.717) is 0 Å². The average Bonchev–Trinajstić information content (AvgIpc) is 2.74. The minimum absolute atomic E-state index is 0.0326. The number of halogens is 1. The minimum Gasteiger partial charge on any atom is -0.493 e. The number of para-hydroxylation sites is 1. The zero-order valence-corrected chi connectivity index (χ0v) is 13.6. The predicted octanol–water partition coefficient (Wildman–Crippen LogP) is 4.30. The molecule has 3 nitrogen and oxygen atoms in total. The van der Waals surface area contributed by atoms with Gasteiger partial charge >= 0.3 is 0 Å². The highest BCUT2D eigenvalue weighted by atomic mass is 35.5. The number of hydrogen-bond donors (Lipinski definition) is 0. The summed E-state index contributed by atoms with van der Waals surface area (Å²) in [6.45, 7) is 4.86. The normalized spacial score (nSPS) is 18.2. The van der Waals surface area contributed by atoms with E-state index in [1.807, 2.05) is 36.4 Å². The van der Waals surface area contributed by atoms with Crippen LogP contribution in [0.2, 0.25) is 5.02 Å². The molecule has 0 radical (unpaired) electrons. The molecular weight excluding hydrogens is 298 g/mol. The molecule has 116 valence electrons. The Morgan fingerprint density at radius 1 is 1.23 bits per heavy atom. The molecule has 0 bridgehead atoms. The van der Waals surface area contributed by atoms with Crippen molar-refractivity contribution in [1.29, 1.82) is 0 Å². The number of hydrogen-bond acceptors (Lipinski definition) is 3. The van der Waals surface area contributed by atoms with Crippen LogP contribution in [-0.4, -0.2) is 25.1 Å². The monoisotopic (exact) mass is 317 g/mol. The number of rotatable bonds is 3.